The van der Waals surface area contributed by atoms with Crippen LogP contribution in [0.1, 0.15) is 0 Å². The normalized spacial score (nSPS) is 14.9. The van der Waals surface area contributed by atoms with Gasteiger partial charge < -0.3 is 0 Å². The zero-order valence-corrected chi connectivity index (χ0v) is 11.5. The Hall–Kier alpha value is 0.199. The van der Waals surface area contributed by atoms with Crippen molar-refractivity contribution in [2.45, 2.75) is 11.0 Å². The molecule has 0 aromatic heterocycles. The zero-order chi connectivity index (χ0) is 14.1. The molecule has 0 aliphatic heterocycles. The number of rotatable bonds is 4. The van der Waals surface area contributed by atoms with Crippen LogP contribution in [0.5, 0.6) is 0 Å². The second-order valence-corrected chi connectivity index (χ2v) is 8.46. The van der Waals surface area contributed by atoms with E-state index in [1.165, 1.54) is 0 Å². The van der Waals surface area contributed by atoms with Gasteiger partial charge in [-0.25, -0.2) is 0 Å². The van der Waals surface area contributed by atoms with Crippen LogP contribution < -0.4 is 0 Å². The molecule has 0 unspecified atom stereocenters. The minimum absolute atomic E-state index is 3.04. The van der Waals surface area contributed by atoms with E-state index in [1.807, 2.05) is 0 Å². The monoisotopic (exact) mass is 418 g/mol. The van der Waals surface area contributed by atoms with Crippen molar-refractivity contribution in [3.63, 3.8) is 0 Å². The first-order valence-corrected chi connectivity index (χ1v) is 8.10. The van der Waals surface area contributed by atoms with Gasteiger partial charge in [-0.15, -0.1) is 0 Å². The molecule has 0 heterocycles. The van der Waals surface area contributed by atoms with Crippen molar-refractivity contribution >= 4 is 42.2 Å². The van der Waals surface area contributed by atoms with E-state index in [-0.39, 0.29) is 0 Å². The molecule has 0 amide bonds. The standard InChI is InChI=1S/2CHF3O3S.Sn/c2*2-1(3,4)8(5,6)7;/h2*(H,5,6,7);/q;;+2/p-2. The van der Waals surface area contributed by atoms with Crippen molar-refractivity contribution in [3.05, 3.63) is 0 Å². The molecule has 17 heavy (non-hydrogen) atoms. The molecule has 0 fully saturated rings. The SMILES string of the molecule is O=S(=O)([O][Sn][O]S(=O)(=O)C(F)(F)F)C(F)(F)F. The summed E-state index contributed by atoms with van der Waals surface area (Å²) in [6.07, 6.45) is 0. The summed E-state index contributed by atoms with van der Waals surface area (Å²) < 4.78 is 116. The Kier molecular flexibility index (Phi) is 5.12. The van der Waals surface area contributed by atoms with Crippen molar-refractivity contribution in [1.82, 2.24) is 0 Å². The summed E-state index contributed by atoms with van der Waals surface area (Å²) in [5.74, 6) is 0. The molecule has 0 aromatic carbocycles. The van der Waals surface area contributed by atoms with Gasteiger partial charge in [-0.05, 0) is 0 Å². The van der Waals surface area contributed by atoms with Crippen LogP contribution >= 0.6 is 0 Å². The van der Waals surface area contributed by atoms with Crippen LogP contribution in [0.25, 0.3) is 0 Å². The Bertz CT molecular complexity index is 414. The second kappa shape index (κ2) is 5.06. The van der Waals surface area contributed by atoms with E-state index >= 15 is 0 Å². The van der Waals surface area contributed by atoms with Crippen LogP contribution in [0.15, 0.2) is 0 Å². The molecular weight excluding hydrogens is 417 g/mol. The van der Waals surface area contributed by atoms with Crippen molar-refractivity contribution < 1.29 is 48.2 Å². The Morgan fingerprint density at radius 3 is 1.12 bits per heavy atom. The Balaban J connectivity index is 4.58. The van der Waals surface area contributed by atoms with E-state index in [1.54, 1.807) is 0 Å². The van der Waals surface area contributed by atoms with Crippen molar-refractivity contribution in [1.29, 1.82) is 0 Å². The van der Waals surface area contributed by atoms with E-state index in [0.29, 0.717) is 0 Å². The molecule has 15 heteroatoms. The molecule has 0 N–H and O–H groups in total. The van der Waals surface area contributed by atoms with Crippen molar-refractivity contribution in [3.8, 4) is 0 Å². The molecule has 0 spiro atoms. The number of hydrogen-bond acceptors (Lipinski definition) is 6. The first kappa shape index (κ1) is 17.2. The third kappa shape index (κ3) is 4.76. The predicted molar refractivity (Wildman–Crippen MR) is 37.9 cm³/mol. The van der Waals surface area contributed by atoms with Crippen LogP contribution in [-0.4, -0.2) is 49.8 Å². The van der Waals surface area contributed by atoms with Crippen molar-refractivity contribution in [2.75, 3.05) is 0 Å². The molecule has 0 aliphatic rings. The number of hydrogen-bond donors (Lipinski definition) is 0. The molecule has 0 atom stereocenters. The maximum absolute atomic E-state index is 11.6. The molecule has 0 aliphatic carbocycles. The molecule has 0 aromatic rings. The third-order valence-electron chi connectivity index (χ3n) is 0.854. The fourth-order valence-electron chi connectivity index (χ4n) is 0.198. The molecule has 2 radical (unpaired) electrons. The Morgan fingerprint density at radius 1 is 0.706 bits per heavy atom. The van der Waals surface area contributed by atoms with Crippen LogP contribution in [0.3, 0.4) is 0 Å². The van der Waals surface area contributed by atoms with Crippen LogP contribution in [0.4, 0.5) is 26.3 Å². The molecule has 0 rings (SSSR count). The number of alkyl halides is 6. The molecule has 6 nitrogen and oxygen atoms in total. The van der Waals surface area contributed by atoms with Gasteiger partial charge in [0.1, 0.15) is 0 Å². The first-order chi connectivity index (χ1) is 7.21. The fourth-order valence-corrected chi connectivity index (χ4v) is 4.54. The molecular formula is C2F6O6S2Sn. The van der Waals surface area contributed by atoms with Gasteiger partial charge in [-0.3, -0.25) is 0 Å². The maximum atomic E-state index is 11.6. The number of halogens is 6. The Morgan fingerprint density at radius 2 is 0.941 bits per heavy atom. The second-order valence-electron chi connectivity index (χ2n) is 2.05. The van der Waals surface area contributed by atoms with Gasteiger partial charge >= 0.3 is 101 Å². The quantitative estimate of drug-likeness (QED) is 0.371. The van der Waals surface area contributed by atoms with Crippen molar-refractivity contribution in [2.24, 2.45) is 0 Å². The zero-order valence-electron chi connectivity index (χ0n) is 7.03. The minimum atomic E-state index is -6.15. The fraction of sp³-hybridized carbons (Fsp3) is 1.00. The van der Waals surface area contributed by atoms with E-state index in [4.69, 9.17) is 0 Å². The van der Waals surface area contributed by atoms with Crippen LogP contribution in [-0.2, 0) is 25.3 Å². The third-order valence-corrected chi connectivity index (χ3v) is 7.49. The average Bonchev–Trinajstić information content (AvgIpc) is 1.98. The van der Waals surface area contributed by atoms with E-state index in [2.05, 4.69) is 5.04 Å². The van der Waals surface area contributed by atoms with Gasteiger partial charge in [0.05, 0.1) is 0 Å². The average molecular weight is 417 g/mol. The van der Waals surface area contributed by atoms with Gasteiger partial charge in [0.15, 0.2) is 0 Å². The van der Waals surface area contributed by atoms with E-state index in [9.17, 15) is 43.2 Å². The summed E-state index contributed by atoms with van der Waals surface area (Å²) in [5.41, 5.74) is -11.7. The van der Waals surface area contributed by atoms with E-state index < -0.39 is 53.2 Å². The summed E-state index contributed by atoms with van der Waals surface area (Å²) in [4.78, 5) is 0. The molecule has 0 bridgehead atoms. The molecule has 0 saturated carbocycles. The van der Waals surface area contributed by atoms with Gasteiger partial charge in [0.25, 0.3) is 0 Å². The summed E-state index contributed by atoms with van der Waals surface area (Å²) in [6, 6.07) is 0. The first-order valence-electron chi connectivity index (χ1n) is 2.95. The van der Waals surface area contributed by atoms with Gasteiger partial charge in [-0.1, -0.05) is 0 Å². The van der Waals surface area contributed by atoms with E-state index in [0.717, 1.165) is 0 Å². The topological polar surface area (TPSA) is 86.7 Å². The Labute approximate surface area is 101 Å². The van der Waals surface area contributed by atoms with Gasteiger partial charge in [-0.2, -0.15) is 0 Å². The van der Waals surface area contributed by atoms with Gasteiger partial charge in [0.2, 0.25) is 0 Å². The predicted octanol–water partition coefficient (Wildman–Crippen LogP) is 0.253. The summed E-state index contributed by atoms with van der Waals surface area (Å²) in [5, 5.41) is 0. The summed E-state index contributed by atoms with van der Waals surface area (Å²) in [7, 11) is -12.3. The molecule has 102 valence electrons. The molecule has 0 saturated heterocycles. The van der Waals surface area contributed by atoms with Gasteiger partial charge in [0, 0.05) is 0 Å². The van der Waals surface area contributed by atoms with Crippen LogP contribution in [0.2, 0.25) is 0 Å². The van der Waals surface area contributed by atoms with Crippen LogP contribution in [0, 0.1) is 0 Å². The summed E-state index contributed by atoms with van der Waals surface area (Å²) in [6.45, 7) is 0. The summed E-state index contributed by atoms with van der Waals surface area (Å²) >= 11 is -3.86.